The first kappa shape index (κ1) is 16.8. The zero-order chi connectivity index (χ0) is 17.8. The van der Waals surface area contributed by atoms with Crippen LogP contribution < -0.4 is 10.1 Å². The van der Waals surface area contributed by atoms with Gasteiger partial charge in [0, 0.05) is 22.6 Å². The number of rotatable bonds is 6. The van der Waals surface area contributed by atoms with Crippen molar-refractivity contribution in [2.24, 2.45) is 0 Å². The smallest absolute Gasteiger partial charge is 0.183 e. The molecule has 1 aromatic heterocycles. The molecule has 4 nitrogen and oxygen atoms in total. The summed E-state index contributed by atoms with van der Waals surface area (Å²) in [7, 11) is 1.62. The van der Waals surface area contributed by atoms with E-state index >= 15 is 0 Å². The summed E-state index contributed by atoms with van der Waals surface area (Å²) in [5.41, 5.74) is 4.62. The topological polar surface area (TPSA) is 43.3 Å². The van der Waals surface area contributed by atoms with E-state index in [1.54, 1.807) is 7.11 Å². The van der Waals surface area contributed by atoms with Crippen molar-refractivity contribution in [3.05, 3.63) is 77.6 Å². The lowest BCUT2D eigenvalue weighted by Gasteiger charge is -2.11. The van der Waals surface area contributed by atoms with Crippen molar-refractivity contribution in [1.29, 1.82) is 0 Å². The molecule has 0 amide bonds. The third-order valence-electron chi connectivity index (χ3n) is 4.29. The predicted octanol–water partition coefficient (Wildman–Crippen LogP) is 4.40. The fraction of sp³-hybridized carbons (Fsp3) is 0.190. The van der Waals surface area contributed by atoms with Crippen LogP contribution in [0.3, 0.4) is 0 Å². The van der Waals surface area contributed by atoms with Gasteiger partial charge in [-0.15, -0.1) is 0 Å². The van der Waals surface area contributed by atoms with Crippen molar-refractivity contribution in [1.82, 2.24) is 4.57 Å². The van der Waals surface area contributed by atoms with Gasteiger partial charge in [-0.25, -0.2) is 0 Å². The first-order valence-electron chi connectivity index (χ1n) is 8.26. The monoisotopic (exact) mass is 334 g/mol. The number of ketones is 1. The fourth-order valence-electron chi connectivity index (χ4n) is 3.08. The normalized spacial score (nSPS) is 10.5. The minimum atomic E-state index is 0.0567. The van der Waals surface area contributed by atoms with E-state index in [0.717, 1.165) is 34.1 Å². The molecule has 0 spiro atoms. The van der Waals surface area contributed by atoms with Gasteiger partial charge >= 0.3 is 0 Å². The Morgan fingerprint density at radius 2 is 1.72 bits per heavy atom. The molecule has 4 heteroatoms. The number of nitrogens with zero attached hydrogens (tertiary/aromatic N) is 1. The molecule has 0 aliphatic rings. The maximum absolute atomic E-state index is 12.7. The van der Waals surface area contributed by atoms with Crippen LogP contribution in [0.15, 0.2) is 60.7 Å². The molecule has 0 saturated carbocycles. The van der Waals surface area contributed by atoms with E-state index < -0.39 is 0 Å². The number of Topliss-reactive ketones (excluding diaryl/α,β-unsaturated/α-hetero) is 1. The highest BCUT2D eigenvalue weighted by Crippen LogP contribution is 2.24. The van der Waals surface area contributed by atoms with E-state index in [9.17, 15) is 4.79 Å². The van der Waals surface area contributed by atoms with Gasteiger partial charge in [-0.3, -0.25) is 4.79 Å². The Labute approximate surface area is 148 Å². The van der Waals surface area contributed by atoms with Gasteiger partial charge in [0.25, 0.3) is 0 Å². The summed E-state index contributed by atoms with van der Waals surface area (Å²) >= 11 is 0. The van der Waals surface area contributed by atoms with Crippen LogP contribution in [0.5, 0.6) is 5.75 Å². The van der Waals surface area contributed by atoms with Crippen molar-refractivity contribution in [2.75, 3.05) is 19.0 Å². The van der Waals surface area contributed by atoms with E-state index in [2.05, 4.69) is 9.88 Å². The lowest BCUT2D eigenvalue weighted by Crippen LogP contribution is -2.15. The van der Waals surface area contributed by atoms with Crippen LogP contribution >= 0.6 is 0 Å². The molecule has 1 N–H and O–H groups in total. The van der Waals surface area contributed by atoms with Crippen LogP contribution in [0.25, 0.3) is 5.69 Å². The third-order valence-corrected chi connectivity index (χ3v) is 4.29. The van der Waals surface area contributed by atoms with Gasteiger partial charge in [0.2, 0.25) is 0 Å². The van der Waals surface area contributed by atoms with Crippen LogP contribution in [0.1, 0.15) is 21.7 Å². The number of ether oxygens (including phenoxy) is 1. The first-order valence-corrected chi connectivity index (χ1v) is 8.26. The Balaban J connectivity index is 1.82. The molecule has 0 aliphatic carbocycles. The number of aromatic nitrogens is 1. The van der Waals surface area contributed by atoms with Crippen LogP contribution in [-0.2, 0) is 0 Å². The van der Waals surface area contributed by atoms with Crippen LogP contribution in [-0.4, -0.2) is 24.0 Å². The number of anilines is 1. The SMILES string of the molecule is COc1ccccc1NCC(=O)c1cc(C)n(-c2ccccc2)c1C. The Morgan fingerprint density at radius 3 is 2.44 bits per heavy atom. The molecule has 0 radical (unpaired) electrons. The molecule has 0 saturated heterocycles. The molecule has 3 rings (SSSR count). The molecule has 0 unspecified atom stereocenters. The summed E-state index contributed by atoms with van der Waals surface area (Å²) in [5, 5.41) is 3.17. The number of aryl methyl sites for hydroxylation is 1. The zero-order valence-corrected chi connectivity index (χ0v) is 14.7. The Kier molecular flexibility index (Phi) is 4.89. The largest absolute Gasteiger partial charge is 0.495 e. The molecule has 0 atom stereocenters. The molecule has 3 aromatic rings. The van der Waals surface area contributed by atoms with Gasteiger partial charge in [-0.05, 0) is 44.2 Å². The average molecular weight is 334 g/mol. The predicted molar refractivity (Wildman–Crippen MR) is 101 cm³/mol. The summed E-state index contributed by atoms with van der Waals surface area (Å²) in [6.07, 6.45) is 0. The second-order valence-electron chi connectivity index (χ2n) is 5.93. The number of methoxy groups -OCH3 is 1. The second kappa shape index (κ2) is 7.26. The standard InChI is InChI=1S/C21H22N2O2/c1-15-13-18(16(2)23(15)17-9-5-4-6-10-17)20(24)14-22-19-11-7-8-12-21(19)25-3/h4-13,22H,14H2,1-3H3. The number of hydrogen-bond donors (Lipinski definition) is 1. The van der Waals surface area contributed by atoms with Gasteiger partial charge in [0.15, 0.2) is 5.78 Å². The van der Waals surface area contributed by atoms with Gasteiger partial charge in [-0.2, -0.15) is 0 Å². The lowest BCUT2D eigenvalue weighted by atomic mass is 10.1. The highest BCUT2D eigenvalue weighted by Gasteiger charge is 2.16. The highest BCUT2D eigenvalue weighted by molar-refractivity contribution is 6.00. The second-order valence-corrected chi connectivity index (χ2v) is 5.93. The van der Waals surface area contributed by atoms with Gasteiger partial charge < -0.3 is 14.6 Å². The van der Waals surface area contributed by atoms with Crippen LogP contribution in [0.2, 0.25) is 0 Å². The molecule has 0 bridgehead atoms. The van der Waals surface area contributed by atoms with Crippen molar-refractivity contribution in [3.63, 3.8) is 0 Å². The zero-order valence-electron chi connectivity index (χ0n) is 14.7. The van der Waals surface area contributed by atoms with E-state index in [-0.39, 0.29) is 12.3 Å². The highest BCUT2D eigenvalue weighted by atomic mass is 16.5. The van der Waals surface area contributed by atoms with E-state index in [1.807, 2.05) is 74.5 Å². The summed E-state index contributed by atoms with van der Waals surface area (Å²) in [4.78, 5) is 12.7. The molecule has 0 fully saturated rings. The van der Waals surface area contributed by atoms with Crippen molar-refractivity contribution < 1.29 is 9.53 Å². The number of carbonyl (C=O) groups excluding carboxylic acids is 1. The minimum Gasteiger partial charge on any atom is -0.495 e. The third kappa shape index (κ3) is 3.43. The minimum absolute atomic E-state index is 0.0567. The van der Waals surface area contributed by atoms with E-state index in [0.29, 0.717) is 0 Å². The van der Waals surface area contributed by atoms with Crippen LogP contribution in [0, 0.1) is 13.8 Å². The van der Waals surface area contributed by atoms with E-state index in [4.69, 9.17) is 4.74 Å². The van der Waals surface area contributed by atoms with Gasteiger partial charge in [0.1, 0.15) is 5.75 Å². The van der Waals surface area contributed by atoms with Gasteiger partial charge in [-0.1, -0.05) is 30.3 Å². The summed E-state index contributed by atoms with van der Waals surface area (Å²) in [6, 6.07) is 19.6. The van der Waals surface area contributed by atoms with Crippen molar-refractivity contribution >= 4 is 11.5 Å². The fourth-order valence-corrected chi connectivity index (χ4v) is 3.08. The van der Waals surface area contributed by atoms with Crippen molar-refractivity contribution in [3.8, 4) is 11.4 Å². The van der Waals surface area contributed by atoms with Gasteiger partial charge in [0.05, 0.1) is 19.3 Å². The molecule has 2 aromatic carbocycles. The van der Waals surface area contributed by atoms with Crippen LogP contribution in [0.4, 0.5) is 5.69 Å². The maximum Gasteiger partial charge on any atom is 0.183 e. The molecule has 0 aliphatic heterocycles. The number of para-hydroxylation sites is 3. The first-order chi connectivity index (χ1) is 12.1. The Bertz CT molecular complexity index is 882. The Hall–Kier alpha value is -3.01. The molecule has 25 heavy (non-hydrogen) atoms. The lowest BCUT2D eigenvalue weighted by molar-refractivity contribution is 0.101. The maximum atomic E-state index is 12.7. The number of benzene rings is 2. The number of carbonyl (C=O) groups is 1. The number of nitrogens with one attached hydrogen (secondary N) is 1. The summed E-state index contributed by atoms with van der Waals surface area (Å²) in [5.74, 6) is 0.784. The quantitative estimate of drug-likeness (QED) is 0.680. The summed E-state index contributed by atoms with van der Waals surface area (Å²) in [6.45, 7) is 4.22. The van der Waals surface area contributed by atoms with E-state index in [1.165, 1.54) is 0 Å². The Morgan fingerprint density at radius 1 is 1.04 bits per heavy atom. The molecular weight excluding hydrogens is 312 g/mol. The molecule has 128 valence electrons. The average Bonchev–Trinajstić information content (AvgIpc) is 2.95. The molecular formula is C21H22N2O2. The summed E-state index contributed by atoms with van der Waals surface area (Å²) < 4.78 is 7.42. The molecule has 1 heterocycles. The van der Waals surface area contributed by atoms with Crippen molar-refractivity contribution in [2.45, 2.75) is 13.8 Å². The number of hydrogen-bond acceptors (Lipinski definition) is 3.